The zero-order valence-corrected chi connectivity index (χ0v) is 15.5. The summed E-state index contributed by atoms with van der Waals surface area (Å²) in [5.74, 6) is 2.36. The Morgan fingerprint density at radius 2 is 2.00 bits per heavy atom. The van der Waals surface area contributed by atoms with Crippen molar-refractivity contribution in [1.29, 1.82) is 0 Å². The maximum atomic E-state index is 12.3. The summed E-state index contributed by atoms with van der Waals surface area (Å²) in [6.45, 7) is 6.08. The lowest BCUT2D eigenvalue weighted by Gasteiger charge is -2.37. The van der Waals surface area contributed by atoms with Crippen LogP contribution in [0.3, 0.4) is 0 Å². The van der Waals surface area contributed by atoms with Crippen molar-refractivity contribution in [1.82, 2.24) is 4.90 Å². The molecule has 0 unspecified atom stereocenters. The number of nitrogens with zero attached hydrogens (tertiary/aromatic N) is 2. The number of oxime groups is 1. The fourth-order valence-corrected chi connectivity index (χ4v) is 3.75. The Balaban J connectivity index is 1.34. The average molecular weight is 358 g/mol. The molecule has 0 saturated carbocycles. The van der Waals surface area contributed by atoms with E-state index < -0.39 is 0 Å². The molecule has 6 heteroatoms. The molecule has 3 heterocycles. The largest absolute Gasteiger partial charge is 0.454 e. The average Bonchev–Trinajstić information content (AvgIpc) is 3.27. The van der Waals surface area contributed by atoms with Crippen molar-refractivity contribution < 1.29 is 19.1 Å². The van der Waals surface area contributed by atoms with Crippen molar-refractivity contribution in [2.24, 2.45) is 11.1 Å². The van der Waals surface area contributed by atoms with E-state index in [4.69, 9.17) is 14.3 Å². The van der Waals surface area contributed by atoms with Gasteiger partial charge in [0.25, 0.3) is 0 Å². The van der Waals surface area contributed by atoms with Crippen LogP contribution >= 0.6 is 0 Å². The zero-order valence-electron chi connectivity index (χ0n) is 15.5. The molecule has 1 fully saturated rings. The van der Waals surface area contributed by atoms with Crippen molar-refractivity contribution in [3.8, 4) is 11.5 Å². The number of hydrogen-bond donors (Lipinski definition) is 0. The van der Waals surface area contributed by atoms with Gasteiger partial charge in [0.15, 0.2) is 11.5 Å². The number of piperidine rings is 1. The molecular formula is C20H26N2O4. The van der Waals surface area contributed by atoms with Gasteiger partial charge < -0.3 is 19.2 Å². The highest BCUT2D eigenvalue weighted by atomic mass is 16.7. The summed E-state index contributed by atoms with van der Waals surface area (Å²) in [5, 5.41) is 4.35. The van der Waals surface area contributed by atoms with Crippen molar-refractivity contribution in [2.45, 2.75) is 51.6 Å². The molecule has 4 rings (SSSR count). The van der Waals surface area contributed by atoms with Crippen LogP contribution in [0.5, 0.6) is 11.5 Å². The number of amides is 1. The van der Waals surface area contributed by atoms with E-state index in [2.05, 4.69) is 19.0 Å². The Labute approximate surface area is 154 Å². The summed E-state index contributed by atoms with van der Waals surface area (Å²) in [4.78, 5) is 20.2. The fourth-order valence-electron chi connectivity index (χ4n) is 3.75. The van der Waals surface area contributed by atoms with Gasteiger partial charge in [0, 0.05) is 44.3 Å². The number of carbonyl (C=O) groups is 1. The van der Waals surface area contributed by atoms with Crippen molar-refractivity contribution in [3.63, 3.8) is 0 Å². The van der Waals surface area contributed by atoms with Crippen LogP contribution in [0.25, 0.3) is 0 Å². The number of likely N-dealkylation sites (tertiary alicyclic amines) is 1. The van der Waals surface area contributed by atoms with Crippen LogP contribution in [0.15, 0.2) is 23.4 Å². The smallest absolute Gasteiger partial charge is 0.231 e. The maximum Gasteiger partial charge on any atom is 0.231 e. The minimum Gasteiger partial charge on any atom is -0.454 e. The van der Waals surface area contributed by atoms with Crippen LogP contribution in [0, 0.1) is 5.92 Å². The number of hydrogen-bond acceptors (Lipinski definition) is 5. The van der Waals surface area contributed by atoms with Crippen LogP contribution in [-0.4, -0.2) is 42.0 Å². The van der Waals surface area contributed by atoms with Crippen LogP contribution < -0.4 is 9.47 Å². The van der Waals surface area contributed by atoms with E-state index in [9.17, 15) is 4.79 Å². The predicted molar refractivity (Wildman–Crippen MR) is 97.4 cm³/mol. The second-order valence-electron chi connectivity index (χ2n) is 7.87. The molecular weight excluding hydrogens is 332 g/mol. The second kappa shape index (κ2) is 6.82. The SMILES string of the molecule is CC(C)CCC(=O)N1CCC2(CC1)CC(c1ccc3c(c1)OCO3)=NO2. The molecule has 0 aromatic heterocycles. The molecule has 1 spiro atoms. The fraction of sp³-hybridized carbons (Fsp3) is 0.600. The van der Waals surface area contributed by atoms with Gasteiger partial charge in [-0.3, -0.25) is 4.79 Å². The Morgan fingerprint density at radius 1 is 1.23 bits per heavy atom. The van der Waals surface area contributed by atoms with Crippen LogP contribution in [0.2, 0.25) is 0 Å². The van der Waals surface area contributed by atoms with E-state index in [0.29, 0.717) is 12.3 Å². The molecule has 1 aromatic rings. The molecule has 0 aliphatic carbocycles. The number of rotatable bonds is 4. The summed E-state index contributed by atoms with van der Waals surface area (Å²) in [7, 11) is 0. The number of fused-ring (bicyclic) bond motifs is 1. The highest BCUT2D eigenvalue weighted by Gasteiger charge is 2.43. The standard InChI is InChI=1S/C20H26N2O4/c1-14(2)3-6-19(23)22-9-7-20(8-10-22)12-16(21-26-20)15-4-5-17-18(11-15)25-13-24-17/h4-5,11,14H,3,6-10,12-13H2,1-2H3. The zero-order chi connectivity index (χ0) is 18.1. The topological polar surface area (TPSA) is 60.4 Å². The third kappa shape index (κ3) is 3.37. The highest BCUT2D eigenvalue weighted by molar-refractivity contribution is 6.02. The quantitative estimate of drug-likeness (QED) is 0.828. The molecule has 0 bridgehead atoms. The van der Waals surface area contributed by atoms with Gasteiger partial charge in [-0.15, -0.1) is 0 Å². The number of ether oxygens (including phenoxy) is 2. The third-order valence-corrected chi connectivity index (χ3v) is 5.51. The van der Waals surface area contributed by atoms with Gasteiger partial charge in [-0.2, -0.15) is 0 Å². The number of benzene rings is 1. The van der Waals surface area contributed by atoms with Gasteiger partial charge >= 0.3 is 0 Å². The molecule has 1 amide bonds. The van der Waals surface area contributed by atoms with Crippen LogP contribution in [-0.2, 0) is 9.63 Å². The van der Waals surface area contributed by atoms with Crippen molar-refractivity contribution in [2.75, 3.05) is 19.9 Å². The lowest BCUT2D eigenvalue weighted by atomic mass is 9.85. The maximum absolute atomic E-state index is 12.3. The molecule has 3 aliphatic heterocycles. The summed E-state index contributed by atoms with van der Waals surface area (Å²) >= 11 is 0. The molecule has 0 N–H and O–H groups in total. The van der Waals surface area contributed by atoms with Crippen molar-refractivity contribution in [3.05, 3.63) is 23.8 Å². The molecule has 26 heavy (non-hydrogen) atoms. The summed E-state index contributed by atoms with van der Waals surface area (Å²) in [5.41, 5.74) is 1.70. The summed E-state index contributed by atoms with van der Waals surface area (Å²) in [6.07, 6.45) is 4.04. The molecule has 6 nitrogen and oxygen atoms in total. The van der Waals surface area contributed by atoms with Gasteiger partial charge in [-0.1, -0.05) is 19.0 Å². The summed E-state index contributed by atoms with van der Waals surface area (Å²) in [6, 6.07) is 5.88. The third-order valence-electron chi connectivity index (χ3n) is 5.51. The Bertz CT molecular complexity index is 721. The lowest BCUT2D eigenvalue weighted by molar-refractivity contribution is -0.137. The molecule has 1 aromatic carbocycles. The summed E-state index contributed by atoms with van der Waals surface area (Å²) < 4.78 is 10.8. The Morgan fingerprint density at radius 3 is 2.77 bits per heavy atom. The number of carbonyl (C=O) groups excluding carboxylic acids is 1. The van der Waals surface area contributed by atoms with Gasteiger partial charge in [0.2, 0.25) is 12.7 Å². The first kappa shape index (κ1) is 17.2. The first-order valence-corrected chi connectivity index (χ1v) is 9.47. The molecule has 0 radical (unpaired) electrons. The Kier molecular flexibility index (Phi) is 4.51. The van der Waals surface area contributed by atoms with E-state index in [1.54, 1.807) is 0 Å². The van der Waals surface area contributed by atoms with E-state index >= 15 is 0 Å². The minimum atomic E-state index is -0.263. The Hall–Kier alpha value is -2.24. The lowest BCUT2D eigenvalue weighted by Crippen LogP contribution is -2.46. The molecule has 3 aliphatic rings. The van der Waals surface area contributed by atoms with Gasteiger partial charge in [-0.25, -0.2) is 0 Å². The van der Waals surface area contributed by atoms with Gasteiger partial charge in [0.05, 0.1) is 5.71 Å². The van der Waals surface area contributed by atoms with Gasteiger partial charge in [0.1, 0.15) is 5.60 Å². The molecule has 1 saturated heterocycles. The van der Waals surface area contributed by atoms with Crippen molar-refractivity contribution >= 4 is 11.6 Å². The normalized spacial score (nSPS) is 20.4. The predicted octanol–water partition coefficient (Wildman–Crippen LogP) is 3.34. The minimum absolute atomic E-state index is 0.263. The molecule has 140 valence electrons. The van der Waals surface area contributed by atoms with E-state index in [1.807, 2.05) is 23.1 Å². The van der Waals surface area contributed by atoms with E-state index in [1.165, 1.54) is 0 Å². The van der Waals surface area contributed by atoms with Crippen LogP contribution in [0.1, 0.15) is 51.5 Å². The highest BCUT2D eigenvalue weighted by Crippen LogP contribution is 2.38. The second-order valence-corrected chi connectivity index (χ2v) is 7.87. The molecule has 0 atom stereocenters. The monoisotopic (exact) mass is 358 g/mol. The van der Waals surface area contributed by atoms with E-state index in [-0.39, 0.29) is 18.3 Å². The van der Waals surface area contributed by atoms with Crippen LogP contribution in [0.4, 0.5) is 0 Å². The first-order chi connectivity index (χ1) is 12.5. The van der Waals surface area contributed by atoms with Gasteiger partial charge in [-0.05, 0) is 30.5 Å². The first-order valence-electron chi connectivity index (χ1n) is 9.47. The van der Waals surface area contributed by atoms with E-state index in [0.717, 1.165) is 61.5 Å².